The Labute approximate surface area is 93.2 Å². The smallest absolute Gasteiger partial charge is 0.317 e. The molecule has 3 nitrogen and oxygen atoms in total. The number of esters is 1. The fourth-order valence-corrected chi connectivity index (χ4v) is 1.03. The molecule has 0 saturated carbocycles. The molecule has 0 fully saturated rings. The van der Waals surface area contributed by atoms with Crippen LogP contribution >= 0.6 is 0 Å². The largest absolute Gasteiger partial charge is 0.494 e. The molecular weight excluding hydrogens is 211 g/mol. The Hall–Kier alpha value is -2.02. The van der Waals surface area contributed by atoms with E-state index in [9.17, 15) is 9.18 Å². The summed E-state index contributed by atoms with van der Waals surface area (Å²) in [5, 5.41) is 0. The summed E-state index contributed by atoms with van der Waals surface area (Å²) in [7, 11) is 2.68. The molecule has 16 heavy (non-hydrogen) atoms. The Morgan fingerprint density at radius 2 is 2.19 bits per heavy atom. The summed E-state index contributed by atoms with van der Waals surface area (Å²) in [6, 6.07) is 4.35. The zero-order chi connectivity index (χ0) is 12.0. The minimum atomic E-state index is -0.479. The molecule has 0 unspecified atom stereocenters. The van der Waals surface area contributed by atoms with Crippen LogP contribution in [-0.4, -0.2) is 20.2 Å². The number of rotatable bonds is 2. The summed E-state index contributed by atoms with van der Waals surface area (Å²) in [5.41, 5.74) is 0.488. The van der Waals surface area contributed by atoms with Gasteiger partial charge in [-0.2, -0.15) is 0 Å². The Morgan fingerprint density at radius 3 is 2.75 bits per heavy atom. The van der Waals surface area contributed by atoms with E-state index in [2.05, 4.69) is 16.6 Å². The third-order valence-corrected chi connectivity index (χ3v) is 1.84. The highest BCUT2D eigenvalue weighted by Crippen LogP contribution is 2.16. The Balaban J connectivity index is 2.75. The van der Waals surface area contributed by atoms with Crippen LogP contribution in [0.1, 0.15) is 12.0 Å². The van der Waals surface area contributed by atoms with Crippen molar-refractivity contribution in [3.05, 3.63) is 29.6 Å². The van der Waals surface area contributed by atoms with Crippen LogP contribution in [0.3, 0.4) is 0 Å². The molecule has 0 aliphatic rings. The number of methoxy groups -OCH3 is 2. The average molecular weight is 222 g/mol. The predicted octanol–water partition coefficient (Wildman–Crippen LogP) is 1.75. The zero-order valence-corrected chi connectivity index (χ0v) is 9.04. The molecule has 84 valence electrons. The second-order valence-corrected chi connectivity index (χ2v) is 2.90. The van der Waals surface area contributed by atoms with Gasteiger partial charge in [-0.05, 0) is 18.2 Å². The van der Waals surface area contributed by atoms with Gasteiger partial charge in [0.1, 0.15) is 6.42 Å². The number of carbonyl (C=O) groups is 1. The molecule has 0 atom stereocenters. The van der Waals surface area contributed by atoms with Crippen molar-refractivity contribution in [3.63, 3.8) is 0 Å². The molecule has 0 bridgehead atoms. The first-order valence-electron chi connectivity index (χ1n) is 4.56. The molecule has 4 heteroatoms. The van der Waals surface area contributed by atoms with E-state index >= 15 is 0 Å². The van der Waals surface area contributed by atoms with Gasteiger partial charge in [-0.15, -0.1) is 0 Å². The Kier molecular flexibility index (Phi) is 4.34. The van der Waals surface area contributed by atoms with E-state index in [0.29, 0.717) is 5.56 Å². The van der Waals surface area contributed by atoms with Gasteiger partial charge in [-0.3, -0.25) is 4.79 Å². The molecule has 0 N–H and O–H groups in total. The lowest BCUT2D eigenvalue weighted by Gasteiger charge is -2.00. The van der Waals surface area contributed by atoms with Crippen molar-refractivity contribution < 1.29 is 18.7 Å². The molecule has 0 spiro atoms. The molecule has 0 aliphatic heterocycles. The molecule has 1 aromatic carbocycles. The fourth-order valence-electron chi connectivity index (χ4n) is 1.03. The van der Waals surface area contributed by atoms with Crippen molar-refractivity contribution in [2.45, 2.75) is 6.42 Å². The molecule has 0 heterocycles. The van der Waals surface area contributed by atoms with Crippen LogP contribution in [0.5, 0.6) is 5.75 Å². The van der Waals surface area contributed by atoms with Crippen molar-refractivity contribution >= 4 is 5.97 Å². The standard InChI is InChI=1S/C12H11FO3/c1-15-11-7-6-9(8-10(11)13)4-3-5-12(14)16-2/h6-8H,5H2,1-2H3. The van der Waals surface area contributed by atoms with Crippen LogP contribution in [0.4, 0.5) is 4.39 Å². The topological polar surface area (TPSA) is 35.5 Å². The van der Waals surface area contributed by atoms with E-state index in [4.69, 9.17) is 4.74 Å². The maximum Gasteiger partial charge on any atom is 0.317 e. The molecule has 0 amide bonds. The number of hydrogen-bond acceptors (Lipinski definition) is 3. The van der Waals surface area contributed by atoms with Crippen LogP contribution < -0.4 is 4.74 Å². The number of benzene rings is 1. The van der Waals surface area contributed by atoms with Crippen LogP contribution in [0.2, 0.25) is 0 Å². The normalized spacial score (nSPS) is 8.94. The number of hydrogen-bond donors (Lipinski definition) is 0. The van der Waals surface area contributed by atoms with Gasteiger partial charge in [0.25, 0.3) is 0 Å². The van der Waals surface area contributed by atoms with Crippen molar-refractivity contribution in [1.29, 1.82) is 0 Å². The molecular formula is C12H11FO3. The Morgan fingerprint density at radius 1 is 1.44 bits per heavy atom. The van der Waals surface area contributed by atoms with E-state index in [1.54, 1.807) is 6.07 Å². The van der Waals surface area contributed by atoms with Gasteiger partial charge < -0.3 is 9.47 Å². The second-order valence-electron chi connectivity index (χ2n) is 2.90. The van der Waals surface area contributed by atoms with E-state index in [-0.39, 0.29) is 12.2 Å². The maximum absolute atomic E-state index is 13.2. The quantitative estimate of drug-likeness (QED) is 0.565. The Bertz CT molecular complexity index is 443. The fraction of sp³-hybridized carbons (Fsp3) is 0.250. The van der Waals surface area contributed by atoms with E-state index in [0.717, 1.165) is 0 Å². The predicted molar refractivity (Wildman–Crippen MR) is 56.5 cm³/mol. The maximum atomic E-state index is 13.2. The van der Waals surface area contributed by atoms with Gasteiger partial charge in [-0.1, -0.05) is 11.8 Å². The van der Waals surface area contributed by atoms with Crippen LogP contribution in [-0.2, 0) is 9.53 Å². The lowest BCUT2D eigenvalue weighted by molar-refractivity contribution is -0.139. The highest BCUT2D eigenvalue weighted by atomic mass is 19.1. The highest BCUT2D eigenvalue weighted by molar-refractivity contribution is 5.72. The summed E-state index contributed by atoms with van der Waals surface area (Å²) < 4.78 is 22.4. The SMILES string of the molecule is COC(=O)CC#Cc1ccc(OC)c(F)c1. The summed E-state index contributed by atoms with van der Waals surface area (Å²) in [4.78, 5) is 10.8. The van der Waals surface area contributed by atoms with Crippen LogP contribution in [0, 0.1) is 17.7 Å². The summed E-state index contributed by atoms with van der Waals surface area (Å²) >= 11 is 0. The number of carbonyl (C=O) groups excluding carboxylic acids is 1. The van der Waals surface area contributed by atoms with Crippen molar-refractivity contribution in [2.75, 3.05) is 14.2 Å². The molecule has 0 saturated heterocycles. The zero-order valence-electron chi connectivity index (χ0n) is 9.04. The third-order valence-electron chi connectivity index (χ3n) is 1.84. The van der Waals surface area contributed by atoms with E-state index in [1.165, 1.54) is 26.4 Å². The molecule has 0 aliphatic carbocycles. The highest BCUT2D eigenvalue weighted by Gasteiger charge is 2.01. The van der Waals surface area contributed by atoms with E-state index in [1.807, 2.05) is 0 Å². The first-order valence-corrected chi connectivity index (χ1v) is 4.56. The molecule has 1 aromatic rings. The first-order chi connectivity index (χ1) is 7.67. The lowest BCUT2D eigenvalue weighted by Crippen LogP contribution is -1.97. The molecule has 0 radical (unpaired) electrons. The third kappa shape index (κ3) is 3.28. The summed E-state index contributed by atoms with van der Waals surface area (Å²) in [5.74, 6) is 4.51. The lowest BCUT2D eigenvalue weighted by atomic mass is 10.2. The minimum Gasteiger partial charge on any atom is -0.494 e. The van der Waals surface area contributed by atoms with Gasteiger partial charge in [-0.25, -0.2) is 4.39 Å². The first kappa shape index (κ1) is 12.1. The van der Waals surface area contributed by atoms with Gasteiger partial charge >= 0.3 is 5.97 Å². The van der Waals surface area contributed by atoms with Gasteiger partial charge in [0, 0.05) is 5.56 Å². The van der Waals surface area contributed by atoms with Crippen LogP contribution in [0.25, 0.3) is 0 Å². The van der Waals surface area contributed by atoms with E-state index < -0.39 is 11.8 Å². The summed E-state index contributed by atoms with van der Waals surface area (Å²) in [6.45, 7) is 0. The van der Waals surface area contributed by atoms with Gasteiger partial charge in [0.15, 0.2) is 11.6 Å². The molecule has 0 aromatic heterocycles. The minimum absolute atomic E-state index is 0.00977. The number of ether oxygens (including phenoxy) is 2. The van der Waals surface area contributed by atoms with Gasteiger partial charge in [0.2, 0.25) is 0 Å². The average Bonchev–Trinajstić information content (AvgIpc) is 2.29. The van der Waals surface area contributed by atoms with Crippen molar-refractivity contribution in [3.8, 4) is 17.6 Å². The van der Waals surface area contributed by atoms with Crippen LogP contribution in [0.15, 0.2) is 18.2 Å². The second kappa shape index (κ2) is 5.76. The molecule has 1 rings (SSSR count). The monoisotopic (exact) mass is 222 g/mol. The van der Waals surface area contributed by atoms with Crippen molar-refractivity contribution in [2.24, 2.45) is 0 Å². The van der Waals surface area contributed by atoms with Gasteiger partial charge in [0.05, 0.1) is 14.2 Å². The number of halogens is 1. The van der Waals surface area contributed by atoms with Crippen molar-refractivity contribution in [1.82, 2.24) is 0 Å². The summed E-state index contributed by atoms with van der Waals surface area (Å²) in [6.07, 6.45) is -0.00977.